The number of H-pyrrole nitrogens is 1. The molecule has 0 bridgehead atoms. The summed E-state index contributed by atoms with van der Waals surface area (Å²) in [5, 5.41) is 15.4. The molecule has 2 amide bonds. The van der Waals surface area contributed by atoms with Gasteiger partial charge < -0.3 is 25.5 Å². The predicted molar refractivity (Wildman–Crippen MR) is 131 cm³/mol. The first kappa shape index (κ1) is 24.2. The first-order valence-corrected chi connectivity index (χ1v) is 12.4. The van der Waals surface area contributed by atoms with E-state index in [1.165, 1.54) is 25.4 Å². The Kier molecular flexibility index (Phi) is 6.86. The molecule has 0 saturated heterocycles. The zero-order valence-corrected chi connectivity index (χ0v) is 20.1. The summed E-state index contributed by atoms with van der Waals surface area (Å²) < 4.78 is 19.9. The summed E-state index contributed by atoms with van der Waals surface area (Å²) >= 11 is 0. The fraction of sp³-hybridized carbons (Fsp3) is 0.462. The SMILES string of the molecule is C[C@H](O)C(=O)N[C@@H]1CCCC[C@H]1NC(=O)c1c[nH]c2c(-c3ccc(F)cc3OCC3CC3)ncnc12. The van der Waals surface area contributed by atoms with E-state index in [0.717, 1.165) is 38.5 Å². The van der Waals surface area contributed by atoms with Crippen LogP contribution in [-0.2, 0) is 4.79 Å². The number of carbonyl (C=O) groups is 2. The number of ether oxygens (including phenoxy) is 1. The second-order valence-electron chi connectivity index (χ2n) is 9.70. The van der Waals surface area contributed by atoms with Crippen molar-refractivity contribution in [1.29, 1.82) is 0 Å². The van der Waals surface area contributed by atoms with Gasteiger partial charge in [-0.25, -0.2) is 14.4 Å². The van der Waals surface area contributed by atoms with E-state index in [-0.39, 0.29) is 18.0 Å². The number of hydrogen-bond acceptors (Lipinski definition) is 6. The van der Waals surface area contributed by atoms with Crippen LogP contribution < -0.4 is 15.4 Å². The van der Waals surface area contributed by atoms with Crippen LogP contribution in [0, 0.1) is 11.7 Å². The molecule has 3 aromatic rings. The molecular formula is C26H30FN5O4. The van der Waals surface area contributed by atoms with Crippen LogP contribution in [0.1, 0.15) is 55.8 Å². The van der Waals surface area contributed by atoms with Crippen LogP contribution in [0.3, 0.4) is 0 Å². The Hall–Kier alpha value is -3.53. The van der Waals surface area contributed by atoms with Crippen molar-refractivity contribution in [2.45, 2.75) is 63.6 Å². The molecule has 36 heavy (non-hydrogen) atoms. The number of aromatic nitrogens is 3. The van der Waals surface area contributed by atoms with Gasteiger partial charge in [-0.3, -0.25) is 9.59 Å². The van der Waals surface area contributed by atoms with Crippen LogP contribution in [-0.4, -0.2) is 56.7 Å². The van der Waals surface area contributed by atoms with E-state index < -0.39 is 17.8 Å². The third kappa shape index (κ3) is 5.18. The van der Waals surface area contributed by atoms with Crippen molar-refractivity contribution in [2.24, 2.45) is 5.92 Å². The maximum absolute atomic E-state index is 14.0. The number of benzene rings is 1. The van der Waals surface area contributed by atoms with Gasteiger partial charge in [-0.2, -0.15) is 0 Å². The van der Waals surface area contributed by atoms with Crippen molar-refractivity contribution in [3.63, 3.8) is 0 Å². The number of nitrogens with one attached hydrogen (secondary N) is 3. The molecule has 1 aromatic carbocycles. The summed E-state index contributed by atoms with van der Waals surface area (Å²) in [6.07, 6.45) is 7.38. The fourth-order valence-electron chi connectivity index (χ4n) is 4.65. The predicted octanol–water partition coefficient (Wildman–Crippen LogP) is 3.09. The zero-order valence-electron chi connectivity index (χ0n) is 20.1. The number of aromatic amines is 1. The van der Waals surface area contributed by atoms with Crippen LogP contribution >= 0.6 is 0 Å². The van der Waals surface area contributed by atoms with Gasteiger partial charge in [-0.05, 0) is 50.7 Å². The van der Waals surface area contributed by atoms with Gasteiger partial charge in [0.25, 0.3) is 5.91 Å². The highest BCUT2D eigenvalue weighted by Gasteiger charge is 2.30. The number of carbonyl (C=O) groups excluding carboxylic acids is 2. The van der Waals surface area contributed by atoms with E-state index >= 15 is 0 Å². The minimum Gasteiger partial charge on any atom is -0.492 e. The summed E-state index contributed by atoms with van der Waals surface area (Å²) in [5.41, 5.74) is 2.47. The molecule has 9 nitrogen and oxygen atoms in total. The minimum atomic E-state index is -1.11. The number of fused-ring (bicyclic) bond motifs is 1. The van der Waals surface area contributed by atoms with E-state index in [2.05, 4.69) is 25.6 Å². The molecule has 3 atom stereocenters. The van der Waals surface area contributed by atoms with E-state index in [4.69, 9.17) is 4.74 Å². The lowest BCUT2D eigenvalue weighted by molar-refractivity contribution is -0.129. The van der Waals surface area contributed by atoms with Gasteiger partial charge in [0.15, 0.2) is 0 Å². The second kappa shape index (κ2) is 10.2. The van der Waals surface area contributed by atoms with Gasteiger partial charge in [-0.15, -0.1) is 0 Å². The fourth-order valence-corrected chi connectivity index (χ4v) is 4.65. The third-order valence-corrected chi connectivity index (χ3v) is 6.87. The highest BCUT2D eigenvalue weighted by molar-refractivity contribution is 6.08. The van der Waals surface area contributed by atoms with E-state index in [9.17, 15) is 19.1 Å². The van der Waals surface area contributed by atoms with Gasteiger partial charge in [-0.1, -0.05) is 12.8 Å². The number of aliphatic hydroxyl groups is 1. The molecule has 0 radical (unpaired) electrons. The van der Waals surface area contributed by atoms with Crippen molar-refractivity contribution >= 4 is 22.8 Å². The first-order valence-electron chi connectivity index (χ1n) is 12.4. The molecule has 10 heteroatoms. The third-order valence-electron chi connectivity index (χ3n) is 6.87. The van der Waals surface area contributed by atoms with Crippen molar-refractivity contribution in [3.05, 3.63) is 42.1 Å². The van der Waals surface area contributed by atoms with Crippen molar-refractivity contribution in [3.8, 4) is 17.0 Å². The average molecular weight is 496 g/mol. The topological polar surface area (TPSA) is 129 Å². The van der Waals surface area contributed by atoms with Gasteiger partial charge in [0.05, 0.1) is 17.7 Å². The Morgan fingerprint density at radius 3 is 2.64 bits per heavy atom. The Morgan fingerprint density at radius 1 is 1.17 bits per heavy atom. The summed E-state index contributed by atoms with van der Waals surface area (Å²) in [6, 6.07) is 3.81. The molecular weight excluding hydrogens is 465 g/mol. The smallest absolute Gasteiger partial charge is 0.255 e. The molecule has 5 rings (SSSR count). The van der Waals surface area contributed by atoms with E-state index in [1.54, 1.807) is 12.3 Å². The summed E-state index contributed by atoms with van der Waals surface area (Å²) in [5.74, 6) is -0.267. The standard InChI is InChI=1S/C26H30FN5O4/c1-14(33)25(34)31-19-4-2-3-5-20(19)32-26(35)18-11-28-24-22(29-13-30-23(18)24)17-9-8-16(27)10-21(17)36-12-15-6-7-15/h8-11,13-15,19-20,28,33H,2-7,12H2,1H3,(H,31,34)(H,32,35)/t14-,19+,20+/m0/s1. The molecule has 0 unspecified atom stereocenters. The van der Waals surface area contributed by atoms with Crippen LogP contribution in [0.15, 0.2) is 30.7 Å². The Balaban J connectivity index is 1.40. The maximum Gasteiger partial charge on any atom is 0.255 e. The largest absolute Gasteiger partial charge is 0.492 e. The van der Waals surface area contributed by atoms with E-state index in [1.807, 2.05) is 0 Å². The number of aliphatic hydroxyl groups excluding tert-OH is 1. The highest BCUT2D eigenvalue weighted by atomic mass is 19.1. The van der Waals surface area contributed by atoms with Crippen molar-refractivity contribution < 1.29 is 23.8 Å². The number of amides is 2. The molecule has 0 spiro atoms. The lowest BCUT2D eigenvalue weighted by Crippen LogP contribution is -2.54. The van der Waals surface area contributed by atoms with Crippen molar-refractivity contribution in [1.82, 2.24) is 25.6 Å². The molecule has 0 aliphatic heterocycles. The normalized spacial score (nSPS) is 20.6. The molecule has 2 fully saturated rings. The average Bonchev–Trinajstić information content (AvgIpc) is 3.59. The number of rotatable bonds is 8. The summed E-state index contributed by atoms with van der Waals surface area (Å²) in [6.45, 7) is 1.94. The molecule has 2 aliphatic carbocycles. The monoisotopic (exact) mass is 495 g/mol. The number of hydrogen-bond donors (Lipinski definition) is 4. The molecule has 2 aliphatic rings. The van der Waals surface area contributed by atoms with Gasteiger partial charge >= 0.3 is 0 Å². The quantitative estimate of drug-likeness (QED) is 0.380. The van der Waals surface area contributed by atoms with Gasteiger partial charge in [0, 0.05) is 29.9 Å². The first-order chi connectivity index (χ1) is 17.4. The molecule has 2 saturated carbocycles. The molecule has 2 aromatic heterocycles. The Labute approximate surface area is 207 Å². The number of nitrogens with zero attached hydrogens (tertiary/aromatic N) is 2. The second-order valence-corrected chi connectivity index (χ2v) is 9.70. The van der Waals surface area contributed by atoms with Crippen LogP contribution in [0.25, 0.3) is 22.3 Å². The highest BCUT2D eigenvalue weighted by Crippen LogP contribution is 2.36. The van der Waals surface area contributed by atoms with Crippen LogP contribution in [0.2, 0.25) is 0 Å². The van der Waals surface area contributed by atoms with Gasteiger partial charge in [0.2, 0.25) is 5.91 Å². The molecule has 2 heterocycles. The lowest BCUT2D eigenvalue weighted by Gasteiger charge is -2.33. The summed E-state index contributed by atoms with van der Waals surface area (Å²) in [7, 11) is 0. The zero-order chi connectivity index (χ0) is 25.2. The molecule has 4 N–H and O–H groups in total. The van der Waals surface area contributed by atoms with Crippen LogP contribution in [0.5, 0.6) is 5.75 Å². The Morgan fingerprint density at radius 2 is 1.92 bits per heavy atom. The molecule has 190 valence electrons. The lowest BCUT2D eigenvalue weighted by atomic mass is 9.90. The maximum atomic E-state index is 14.0. The van der Waals surface area contributed by atoms with Crippen molar-refractivity contribution in [2.75, 3.05) is 6.61 Å². The summed E-state index contributed by atoms with van der Waals surface area (Å²) in [4.78, 5) is 37.2. The van der Waals surface area contributed by atoms with E-state index in [0.29, 0.717) is 46.1 Å². The Bertz CT molecular complexity index is 1270. The minimum absolute atomic E-state index is 0.259. The van der Waals surface area contributed by atoms with Gasteiger partial charge in [0.1, 0.15) is 35.2 Å². The number of halogens is 1. The van der Waals surface area contributed by atoms with Crippen LogP contribution in [0.4, 0.5) is 4.39 Å².